The van der Waals surface area contributed by atoms with Gasteiger partial charge in [0.05, 0.1) is 12.8 Å². The lowest BCUT2D eigenvalue weighted by molar-refractivity contribution is -0.145. The Hall–Kier alpha value is -2.84. The molecule has 1 saturated heterocycles. The number of aryl methyl sites for hydroxylation is 1. The number of aliphatic hydroxyl groups is 1. The molecule has 0 radical (unpaired) electrons. The van der Waals surface area contributed by atoms with Crippen LogP contribution in [-0.4, -0.2) is 66.0 Å². The van der Waals surface area contributed by atoms with E-state index in [9.17, 15) is 9.59 Å². The van der Waals surface area contributed by atoms with E-state index in [-0.39, 0.29) is 31.0 Å². The summed E-state index contributed by atoms with van der Waals surface area (Å²) >= 11 is 1.95. The molecule has 180 valence electrons. The number of aliphatic hydroxyl groups excluding tert-OH is 1. The molecule has 8 heteroatoms. The third-order valence-corrected chi connectivity index (χ3v) is 7.08. The van der Waals surface area contributed by atoms with E-state index in [1.54, 1.807) is 0 Å². The highest BCUT2D eigenvalue weighted by atomic mass is 32.2. The van der Waals surface area contributed by atoms with Crippen molar-refractivity contribution in [3.63, 3.8) is 0 Å². The predicted octanol–water partition coefficient (Wildman–Crippen LogP) is 3.35. The van der Waals surface area contributed by atoms with E-state index in [0.717, 1.165) is 60.7 Å². The molecule has 0 spiro atoms. The zero-order chi connectivity index (χ0) is 23.8. The number of benzene rings is 2. The van der Waals surface area contributed by atoms with E-state index >= 15 is 0 Å². The first-order valence-electron chi connectivity index (χ1n) is 11.8. The molecule has 1 heterocycles. The molecule has 1 fully saturated rings. The maximum absolute atomic E-state index is 12.8. The molecular formula is C26H31N3O4S. The Bertz CT molecular complexity index is 1020. The van der Waals surface area contributed by atoms with Gasteiger partial charge in [0.2, 0.25) is 0 Å². The van der Waals surface area contributed by atoms with E-state index in [1.807, 2.05) is 54.4 Å². The maximum Gasteiger partial charge on any atom is 0.306 e. The Labute approximate surface area is 204 Å². The normalized spacial score (nSPS) is 17.9. The Morgan fingerprint density at radius 2 is 1.94 bits per heavy atom. The van der Waals surface area contributed by atoms with Gasteiger partial charge in [0.15, 0.2) is 0 Å². The van der Waals surface area contributed by atoms with Crippen LogP contribution in [0, 0.1) is 5.92 Å². The van der Waals surface area contributed by atoms with Crippen LogP contribution in [0.1, 0.15) is 39.9 Å². The quantitative estimate of drug-likeness (QED) is 0.444. The Balaban J connectivity index is 1.33. The smallest absolute Gasteiger partial charge is 0.306 e. The summed E-state index contributed by atoms with van der Waals surface area (Å²) in [4.78, 5) is 24.7. The van der Waals surface area contributed by atoms with Crippen LogP contribution in [0.25, 0.3) is 0 Å². The number of nitrogens with zero attached hydrogens (tertiary/aromatic N) is 2. The number of thioether (sulfide) groups is 1. The first-order chi connectivity index (χ1) is 16.6. The van der Waals surface area contributed by atoms with Crippen molar-refractivity contribution < 1.29 is 19.4 Å². The van der Waals surface area contributed by atoms with E-state index in [0.29, 0.717) is 12.0 Å². The second kappa shape index (κ2) is 12.0. The molecule has 2 aromatic carbocycles. The van der Waals surface area contributed by atoms with Gasteiger partial charge in [-0.2, -0.15) is 16.9 Å². The largest absolute Gasteiger partial charge is 0.463 e. The molecule has 0 aromatic heterocycles. The minimum Gasteiger partial charge on any atom is -0.463 e. The lowest BCUT2D eigenvalue weighted by Gasteiger charge is -2.24. The number of carbonyl (C=O) groups excluding carboxylic acids is 2. The number of rotatable bonds is 8. The summed E-state index contributed by atoms with van der Waals surface area (Å²) in [6.45, 7) is 1.83. The second-order valence-electron chi connectivity index (χ2n) is 8.63. The molecule has 1 aliphatic carbocycles. The summed E-state index contributed by atoms with van der Waals surface area (Å²) in [7, 11) is 0. The third-order valence-electron chi connectivity index (χ3n) is 6.13. The highest BCUT2D eigenvalue weighted by Gasteiger charge is 2.22. The molecule has 4 rings (SSSR count). The van der Waals surface area contributed by atoms with Crippen molar-refractivity contribution in [2.45, 2.75) is 25.7 Å². The first kappa shape index (κ1) is 24.3. The number of ether oxygens (including phenoxy) is 1. The predicted molar refractivity (Wildman–Crippen MR) is 136 cm³/mol. The van der Waals surface area contributed by atoms with Gasteiger partial charge in [-0.15, -0.1) is 0 Å². The Morgan fingerprint density at radius 1 is 1.15 bits per heavy atom. The summed E-state index contributed by atoms with van der Waals surface area (Å²) in [5.41, 5.74) is 4.72. The van der Waals surface area contributed by atoms with E-state index in [4.69, 9.17) is 9.84 Å². The fraction of sp³-hybridized carbons (Fsp3) is 0.423. The molecule has 2 N–H and O–H groups in total. The van der Waals surface area contributed by atoms with Gasteiger partial charge < -0.3 is 15.2 Å². The fourth-order valence-electron chi connectivity index (χ4n) is 4.28. The van der Waals surface area contributed by atoms with Gasteiger partial charge in [0, 0.05) is 42.3 Å². The van der Waals surface area contributed by atoms with Crippen molar-refractivity contribution in [3.05, 3.63) is 64.7 Å². The number of anilines is 1. The number of fused-ring (bicyclic) bond motifs is 1. The second-order valence-corrected chi connectivity index (χ2v) is 9.85. The van der Waals surface area contributed by atoms with Gasteiger partial charge in [-0.05, 0) is 66.1 Å². The molecular weight excluding hydrogens is 450 g/mol. The number of hydrogen-bond acceptors (Lipinski definition) is 7. The average Bonchev–Trinajstić information content (AvgIpc) is 2.87. The number of carbonyl (C=O) groups is 2. The van der Waals surface area contributed by atoms with E-state index in [1.165, 1.54) is 5.56 Å². The van der Waals surface area contributed by atoms with Gasteiger partial charge >= 0.3 is 5.97 Å². The van der Waals surface area contributed by atoms with Crippen LogP contribution in [0.5, 0.6) is 0 Å². The minimum atomic E-state index is -0.268. The zero-order valence-electron chi connectivity index (χ0n) is 19.2. The average molecular weight is 482 g/mol. The standard InChI is InChI=1S/C26H31N3O4S/c30-11-12-33-25(31)16-20-3-4-21-7-8-24(17-23(21)15-20)28-26(32)22-5-1-19(2-6-22)18-27-29-9-13-34-14-10-29/h1-2,5-8,17-18,20,30H,3-4,9-16H2,(H,28,32)/b27-18+. The van der Waals surface area contributed by atoms with Crippen LogP contribution in [0.3, 0.4) is 0 Å². The van der Waals surface area contributed by atoms with E-state index in [2.05, 4.69) is 21.5 Å². The van der Waals surface area contributed by atoms with Gasteiger partial charge in [0.1, 0.15) is 6.61 Å². The van der Waals surface area contributed by atoms with Crippen LogP contribution < -0.4 is 5.32 Å². The van der Waals surface area contributed by atoms with E-state index < -0.39 is 0 Å². The molecule has 1 amide bonds. The number of amides is 1. The first-order valence-corrected chi connectivity index (χ1v) is 12.9. The molecule has 2 aromatic rings. The summed E-state index contributed by atoms with van der Waals surface area (Å²) in [6, 6.07) is 13.4. The highest BCUT2D eigenvalue weighted by Crippen LogP contribution is 2.30. The summed E-state index contributed by atoms with van der Waals surface area (Å²) < 4.78 is 5.00. The molecule has 1 unspecified atom stereocenters. The zero-order valence-corrected chi connectivity index (χ0v) is 20.1. The van der Waals surface area contributed by atoms with Crippen molar-refractivity contribution in [1.82, 2.24) is 5.01 Å². The number of esters is 1. The van der Waals surface area contributed by atoms with Crippen molar-refractivity contribution in [2.75, 3.05) is 43.1 Å². The van der Waals surface area contributed by atoms with Crippen molar-refractivity contribution >= 4 is 35.5 Å². The van der Waals surface area contributed by atoms with Gasteiger partial charge in [-0.1, -0.05) is 18.2 Å². The van der Waals surface area contributed by atoms with Crippen molar-refractivity contribution in [3.8, 4) is 0 Å². The molecule has 34 heavy (non-hydrogen) atoms. The van der Waals surface area contributed by atoms with Crippen molar-refractivity contribution in [1.29, 1.82) is 0 Å². The Morgan fingerprint density at radius 3 is 2.71 bits per heavy atom. The third kappa shape index (κ3) is 6.84. The molecule has 0 saturated carbocycles. The van der Waals surface area contributed by atoms with Gasteiger partial charge in [0.25, 0.3) is 5.91 Å². The van der Waals surface area contributed by atoms with Crippen LogP contribution in [0.15, 0.2) is 47.6 Å². The van der Waals surface area contributed by atoms with Gasteiger partial charge in [-0.3, -0.25) is 14.6 Å². The molecule has 2 aliphatic rings. The SMILES string of the molecule is O=C(CC1CCc2ccc(NC(=O)c3ccc(/C=N/N4CCSCC4)cc3)cc2C1)OCCO. The molecule has 7 nitrogen and oxygen atoms in total. The van der Waals surface area contributed by atoms with Crippen LogP contribution in [0.4, 0.5) is 5.69 Å². The lowest BCUT2D eigenvalue weighted by Crippen LogP contribution is -2.27. The molecule has 1 aliphatic heterocycles. The minimum absolute atomic E-state index is 0.0454. The summed E-state index contributed by atoms with van der Waals surface area (Å²) in [5.74, 6) is 2.00. The van der Waals surface area contributed by atoms with Crippen LogP contribution in [0.2, 0.25) is 0 Å². The topological polar surface area (TPSA) is 91.2 Å². The molecule has 0 bridgehead atoms. The fourth-order valence-corrected chi connectivity index (χ4v) is 5.16. The molecule has 1 atom stereocenters. The maximum atomic E-state index is 12.8. The monoisotopic (exact) mass is 481 g/mol. The highest BCUT2D eigenvalue weighted by molar-refractivity contribution is 7.99. The number of nitrogens with one attached hydrogen (secondary N) is 1. The Kier molecular flexibility index (Phi) is 8.60. The van der Waals surface area contributed by atoms with Crippen LogP contribution >= 0.6 is 11.8 Å². The number of hydrogen-bond donors (Lipinski definition) is 2. The number of hydrazone groups is 1. The van der Waals surface area contributed by atoms with Crippen molar-refractivity contribution in [2.24, 2.45) is 11.0 Å². The lowest BCUT2D eigenvalue weighted by atomic mass is 9.82. The summed E-state index contributed by atoms with van der Waals surface area (Å²) in [5, 5.41) is 18.4. The van der Waals surface area contributed by atoms with Crippen LogP contribution in [-0.2, 0) is 22.4 Å². The van der Waals surface area contributed by atoms with Gasteiger partial charge in [-0.25, -0.2) is 0 Å². The summed E-state index contributed by atoms with van der Waals surface area (Å²) in [6.07, 6.45) is 4.80.